The first-order valence-corrected chi connectivity index (χ1v) is 7.37. The second-order valence-corrected chi connectivity index (χ2v) is 6.35. The van der Waals surface area contributed by atoms with Crippen molar-refractivity contribution in [3.8, 4) is 0 Å². The first-order valence-electron chi connectivity index (χ1n) is 5.45. The van der Waals surface area contributed by atoms with Crippen molar-refractivity contribution in [1.29, 1.82) is 0 Å². The van der Waals surface area contributed by atoms with Gasteiger partial charge in [0, 0.05) is 4.90 Å². The van der Waals surface area contributed by atoms with Crippen molar-refractivity contribution in [2.45, 2.75) is 16.0 Å². The largest absolute Gasteiger partial charge is 0.248 e. The van der Waals surface area contributed by atoms with Gasteiger partial charge in [0.25, 0.3) is 0 Å². The van der Waals surface area contributed by atoms with E-state index in [0.29, 0.717) is 0 Å². The molecular weight excluding hydrogens is 264 g/mol. The summed E-state index contributed by atoms with van der Waals surface area (Å²) in [6.45, 7) is 1.83. The summed E-state index contributed by atoms with van der Waals surface area (Å²) in [5, 5.41) is 6.15. The van der Waals surface area contributed by atoms with Crippen molar-refractivity contribution in [3.63, 3.8) is 0 Å². The average Bonchev–Trinajstić information content (AvgIpc) is 2.83. The first-order chi connectivity index (χ1) is 8.75. The highest BCUT2D eigenvalue weighted by Gasteiger charge is 2.13. The maximum atomic E-state index is 12.4. The number of aromatic nitrogens is 2. The topological polar surface area (TPSA) is 42.9 Å². The van der Waals surface area contributed by atoms with Gasteiger partial charge in [-0.3, -0.25) is 0 Å². The molecule has 0 N–H and O–H groups in total. The van der Waals surface area contributed by atoms with Crippen molar-refractivity contribution < 1.29 is 4.21 Å². The number of hydrogen-bond acceptors (Lipinski definition) is 4. The van der Waals surface area contributed by atoms with Crippen LogP contribution in [-0.2, 0) is 10.8 Å². The average molecular weight is 274 g/mol. The first kappa shape index (κ1) is 11.5. The van der Waals surface area contributed by atoms with Gasteiger partial charge in [-0.05, 0) is 41.4 Å². The maximum Gasteiger partial charge on any atom is 0.140 e. The fraction of sp³-hybridized carbons (Fsp3) is 0.0769. The van der Waals surface area contributed by atoms with Crippen molar-refractivity contribution in [1.82, 2.24) is 9.59 Å². The molecule has 2 aromatic carbocycles. The van der Waals surface area contributed by atoms with Crippen molar-refractivity contribution in [2.24, 2.45) is 0 Å². The number of fused-ring (bicyclic) bond motifs is 1. The van der Waals surface area contributed by atoms with Gasteiger partial charge in [-0.1, -0.05) is 34.8 Å². The summed E-state index contributed by atoms with van der Waals surface area (Å²) in [5.41, 5.74) is 0.742. The molecule has 90 valence electrons. The molecular formula is C13H10N2OS2. The van der Waals surface area contributed by atoms with Gasteiger partial charge in [-0.2, -0.15) is 0 Å². The lowest BCUT2D eigenvalue weighted by Gasteiger charge is -2.02. The molecule has 0 bridgehead atoms. The van der Waals surface area contributed by atoms with Gasteiger partial charge in [-0.15, -0.1) is 5.10 Å². The predicted octanol–water partition coefficient (Wildman–Crippen LogP) is 3.17. The lowest BCUT2D eigenvalue weighted by molar-refractivity contribution is 0.684. The lowest BCUT2D eigenvalue weighted by atomic mass is 10.1. The van der Waals surface area contributed by atoms with E-state index in [4.69, 9.17) is 0 Å². The van der Waals surface area contributed by atoms with E-state index in [9.17, 15) is 4.21 Å². The molecule has 1 heterocycles. The SMILES string of the molecule is Cc1nnsc1[S@@](=O)c1ccc2ccccc2c1. The molecule has 3 aromatic rings. The van der Waals surface area contributed by atoms with Crippen LogP contribution in [0.15, 0.2) is 51.6 Å². The van der Waals surface area contributed by atoms with Crippen molar-refractivity contribution in [2.75, 3.05) is 0 Å². The normalized spacial score (nSPS) is 12.7. The zero-order valence-electron chi connectivity index (χ0n) is 9.66. The molecule has 3 rings (SSSR count). The minimum Gasteiger partial charge on any atom is -0.248 e. The quantitative estimate of drug-likeness (QED) is 0.721. The summed E-state index contributed by atoms with van der Waals surface area (Å²) >= 11 is 1.20. The molecule has 0 spiro atoms. The van der Waals surface area contributed by atoms with E-state index in [2.05, 4.69) is 9.59 Å². The minimum atomic E-state index is -1.19. The number of hydrogen-bond donors (Lipinski definition) is 0. The number of nitrogens with zero attached hydrogens (tertiary/aromatic N) is 2. The van der Waals surface area contributed by atoms with Gasteiger partial charge in [-0.25, -0.2) is 4.21 Å². The summed E-state index contributed by atoms with van der Waals surface area (Å²) in [6, 6.07) is 13.9. The van der Waals surface area contributed by atoms with Crippen LogP contribution in [0.25, 0.3) is 10.8 Å². The van der Waals surface area contributed by atoms with Crippen LogP contribution in [0.3, 0.4) is 0 Å². The molecule has 0 aliphatic rings. The minimum absolute atomic E-state index is 0.727. The van der Waals surface area contributed by atoms with Crippen LogP contribution in [0.4, 0.5) is 0 Å². The summed E-state index contributed by atoms with van der Waals surface area (Å²) in [5.74, 6) is 0. The Morgan fingerprint density at radius 1 is 1.11 bits per heavy atom. The van der Waals surface area contributed by atoms with E-state index in [0.717, 1.165) is 25.6 Å². The lowest BCUT2D eigenvalue weighted by Crippen LogP contribution is -1.92. The number of aryl methyl sites for hydroxylation is 1. The smallest absolute Gasteiger partial charge is 0.140 e. The molecule has 18 heavy (non-hydrogen) atoms. The standard InChI is InChI=1S/C13H10N2OS2/c1-9-13(17-15-14-9)18(16)12-7-6-10-4-2-3-5-11(10)8-12/h2-8H,1H3/t18-/m0/s1. The predicted molar refractivity (Wildman–Crippen MR) is 73.3 cm³/mol. The molecule has 0 radical (unpaired) electrons. The maximum absolute atomic E-state index is 12.4. The van der Waals surface area contributed by atoms with Crippen molar-refractivity contribution >= 4 is 33.1 Å². The second-order valence-electron chi connectivity index (χ2n) is 3.92. The molecule has 0 saturated heterocycles. The molecule has 0 fully saturated rings. The van der Waals surface area contributed by atoms with Crippen LogP contribution in [0, 0.1) is 6.92 Å². The zero-order valence-corrected chi connectivity index (χ0v) is 11.3. The van der Waals surface area contributed by atoms with E-state index < -0.39 is 10.8 Å². The Morgan fingerprint density at radius 2 is 1.89 bits per heavy atom. The van der Waals surface area contributed by atoms with Crippen LogP contribution in [0.2, 0.25) is 0 Å². The molecule has 0 aliphatic carbocycles. The Balaban J connectivity index is 2.10. The Hall–Kier alpha value is -1.59. The number of rotatable bonds is 2. The van der Waals surface area contributed by atoms with Gasteiger partial charge in [0.15, 0.2) is 0 Å². The summed E-state index contributed by atoms with van der Waals surface area (Å²) in [4.78, 5) is 0.794. The molecule has 1 aromatic heterocycles. The van der Waals surface area contributed by atoms with Gasteiger partial charge >= 0.3 is 0 Å². The molecule has 0 unspecified atom stereocenters. The Bertz CT molecular complexity index is 736. The van der Waals surface area contributed by atoms with Gasteiger partial charge in [0.1, 0.15) is 4.21 Å². The molecule has 0 amide bonds. The monoisotopic (exact) mass is 274 g/mol. The fourth-order valence-electron chi connectivity index (χ4n) is 1.78. The van der Waals surface area contributed by atoms with Gasteiger partial charge < -0.3 is 0 Å². The fourth-order valence-corrected chi connectivity index (χ4v) is 3.80. The highest BCUT2D eigenvalue weighted by molar-refractivity contribution is 7.87. The highest BCUT2D eigenvalue weighted by atomic mass is 32.2. The van der Waals surface area contributed by atoms with Crippen LogP contribution >= 0.6 is 11.5 Å². The van der Waals surface area contributed by atoms with Gasteiger partial charge in [0.05, 0.1) is 16.5 Å². The third-order valence-electron chi connectivity index (χ3n) is 2.71. The Labute approximate surface area is 111 Å². The van der Waals surface area contributed by atoms with E-state index in [1.54, 1.807) is 0 Å². The molecule has 5 heteroatoms. The molecule has 0 saturated carbocycles. The van der Waals surface area contributed by atoms with E-state index in [1.165, 1.54) is 11.5 Å². The van der Waals surface area contributed by atoms with E-state index >= 15 is 0 Å². The molecule has 1 atom stereocenters. The second kappa shape index (κ2) is 4.59. The highest BCUT2D eigenvalue weighted by Crippen LogP contribution is 2.24. The third-order valence-corrected chi connectivity index (χ3v) is 5.33. The van der Waals surface area contributed by atoms with E-state index in [-0.39, 0.29) is 0 Å². The van der Waals surface area contributed by atoms with Crippen LogP contribution < -0.4 is 0 Å². The molecule has 0 aliphatic heterocycles. The summed E-state index contributed by atoms with van der Waals surface area (Å²) in [7, 11) is -1.19. The van der Waals surface area contributed by atoms with E-state index in [1.807, 2.05) is 49.4 Å². The van der Waals surface area contributed by atoms with Crippen LogP contribution in [0.5, 0.6) is 0 Å². The summed E-state index contributed by atoms with van der Waals surface area (Å²) in [6.07, 6.45) is 0. The summed E-state index contributed by atoms with van der Waals surface area (Å²) < 4.78 is 17.0. The third kappa shape index (κ3) is 1.95. The Kier molecular flexibility index (Phi) is 2.93. The Morgan fingerprint density at radius 3 is 2.61 bits per heavy atom. The van der Waals surface area contributed by atoms with Crippen LogP contribution in [-0.4, -0.2) is 13.8 Å². The van der Waals surface area contributed by atoms with Crippen LogP contribution in [0.1, 0.15) is 5.69 Å². The zero-order chi connectivity index (χ0) is 12.5. The van der Waals surface area contributed by atoms with Gasteiger partial charge in [0.2, 0.25) is 0 Å². The van der Waals surface area contributed by atoms with Crippen molar-refractivity contribution in [3.05, 3.63) is 48.2 Å². The number of benzene rings is 2. The molecule has 3 nitrogen and oxygen atoms in total.